The highest BCUT2D eigenvalue weighted by molar-refractivity contribution is 5.55. The topological polar surface area (TPSA) is 63.4 Å². The average molecular weight is 391 g/mol. The van der Waals surface area contributed by atoms with Gasteiger partial charge in [-0.25, -0.2) is 4.39 Å². The zero-order chi connectivity index (χ0) is 20.5. The molecule has 0 aliphatic heterocycles. The lowest BCUT2D eigenvalue weighted by molar-refractivity contribution is -0.389. The molecule has 0 spiro atoms. The first-order valence-corrected chi connectivity index (χ1v) is 7.26. The third kappa shape index (κ3) is 3.80. The van der Waals surface area contributed by atoms with Crippen molar-refractivity contribution in [1.29, 1.82) is 0 Å². The molecule has 0 heterocycles. The molecular weight excluding hydrogens is 380 g/mol. The first-order chi connectivity index (χ1) is 12.4. The molecule has 0 radical (unpaired) electrons. The van der Waals surface area contributed by atoms with Gasteiger partial charge < -0.3 is 5.11 Å². The standard InChI is InChI=1S/C17H11F6NO3/c18-12-7-5-11(6-8-12)9-10-15(25,16(19,20)17(21,22)23)13-3-1-2-4-14(13)24(26)27/h1-10,25H/b10-9+. The Hall–Kier alpha value is -2.88. The van der Waals surface area contributed by atoms with Crippen LogP contribution in [0.25, 0.3) is 6.08 Å². The highest BCUT2D eigenvalue weighted by Crippen LogP contribution is 2.51. The van der Waals surface area contributed by atoms with E-state index in [0.29, 0.717) is 18.2 Å². The fourth-order valence-corrected chi connectivity index (χ4v) is 2.33. The van der Waals surface area contributed by atoms with Gasteiger partial charge >= 0.3 is 12.1 Å². The summed E-state index contributed by atoms with van der Waals surface area (Å²) in [6.07, 6.45) is -5.41. The van der Waals surface area contributed by atoms with Crippen molar-refractivity contribution in [2.75, 3.05) is 0 Å². The highest BCUT2D eigenvalue weighted by Gasteiger charge is 2.70. The zero-order valence-corrected chi connectivity index (χ0v) is 13.3. The number of nitrogens with zero attached hydrogens (tertiary/aromatic N) is 1. The van der Waals surface area contributed by atoms with Crippen LogP contribution in [0.4, 0.5) is 32.0 Å². The number of benzene rings is 2. The fraction of sp³-hybridized carbons (Fsp3) is 0.176. The van der Waals surface area contributed by atoms with Gasteiger partial charge in [-0.3, -0.25) is 10.1 Å². The summed E-state index contributed by atoms with van der Waals surface area (Å²) in [7, 11) is 0. The van der Waals surface area contributed by atoms with Gasteiger partial charge in [0.1, 0.15) is 5.82 Å². The average Bonchev–Trinajstić information content (AvgIpc) is 2.59. The summed E-state index contributed by atoms with van der Waals surface area (Å²) in [5.41, 5.74) is -6.45. The number of nitro benzene ring substituents is 1. The maximum Gasteiger partial charge on any atom is 0.457 e. The molecule has 0 aromatic heterocycles. The van der Waals surface area contributed by atoms with Crippen LogP contribution in [0, 0.1) is 15.9 Å². The van der Waals surface area contributed by atoms with Gasteiger partial charge in [-0.05, 0) is 29.8 Å². The number of rotatable bonds is 5. The first-order valence-electron chi connectivity index (χ1n) is 7.26. The van der Waals surface area contributed by atoms with Crippen LogP contribution in [-0.2, 0) is 5.60 Å². The summed E-state index contributed by atoms with van der Waals surface area (Å²) >= 11 is 0. The van der Waals surface area contributed by atoms with Gasteiger partial charge in [0, 0.05) is 6.07 Å². The fourth-order valence-electron chi connectivity index (χ4n) is 2.33. The van der Waals surface area contributed by atoms with Gasteiger partial charge in [0.2, 0.25) is 0 Å². The van der Waals surface area contributed by atoms with Crippen LogP contribution in [0.1, 0.15) is 11.1 Å². The van der Waals surface area contributed by atoms with Crippen LogP contribution in [0.2, 0.25) is 0 Å². The number of hydrogen-bond acceptors (Lipinski definition) is 3. The van der Waals surface area contributed by atoms with Crippen LogP contribution < -0.4 is 0 Å². The van der Waals surface area contributed by atoms with Gasteiger partial charge in [0.05, 0.1) is 10.5 Å². The molecule has 2 aromatic carbocycles. The Kier molecular flexibility index (Phi) is 5.32. The second-order valence-electron chi connectivity index (χ2n) is 5.50. The Morgan fingerprint density at radius 1 is 0.963 bits per heavy atom. The molecule has 10 heteroatoms. The minimum atomic E-state index is -6.21. The van der Waals surface area contributed by atoms with Crippen LogP contribution in [0.5, 0.6) is 0 Å². The van der Waals surface area contributed by atoms with Crippen molar-refractivity contribution < 1.29 is 36.4 Å². The van der Waals surface area contributed by atoms with Crippen LogP contribution in [0.3, 0.4) is 0 Å². The molecule has 2 rings (SSSR count). The van der Waals surface area contributed by atoms with E-state index in [1.807, 2.05) is 0 Å². The van der Waals surface area contributed by atoms with Crippen LogP contribution in [0.15, 0.2) is 54.6 Å². The summed E-state index contributed by atoms with van der Waals surface area (Å²) in [5, 5.41) is 21.4. The maximum atomic E-state index is 14.2. The molecule has 1 atom stereocenters. The lowest BCUT2D eigenvalue weighted by Crippen LogP contribution is -2.54. The maximum absolute atomic E-state index is 14.2. The van der Waals surface area contributed by atoms with Crippen molar-refractivity contribution in [3.63, 3.8) is 0 Å². The van der Waals surface area contributed by atoms with Crippen molar-refractivity contribution >= 4 is 11.8 Å². The van der Waals surface area contributed by atoms with Crippen molar-refractivity contribution in [2.45, 2.75) is 17.7 Å². The molecule has 2 aromatic rings. The van der Waals surface area contributed by atoms with E-state index in [0.717, 1.165) is 36.4 Å². The second-order valence-corrected chi connectivity index (χ2v) is 5.50. The summed E-state index contributed by atoms with van der Waals surface area (Å²) in [6, 6.07) is 7.31. The monoisotopic (exact) mass is 391 g/mol. The molecule has 0 aliphatic carbocycles. The van der Waals surface area contributed by atoms with Gasteiger partial charge in [-0.2, -0.15) is 22.0 Å². The van der Waals surface area contributed by atoms with E-state index in [4.69, 9.17) is 0 Å². The van der Waals surface area contributed by atoms with Gasteiger partial charge in [0.25, 0.3) is 5.69 Å². The van der Waals surface area contributed by atoms with E-state index < -0.39 is 39.7 Å². The van der Waals surface area contributed by atoms with Crippen molar-refractivity contribution in [3.05, 3.63) is 81.7 Å². The summed E-state index contributed by atoms with van der Waals surface area (Å²) < 4.78 is 80.1. The molecule has 0 aliphatic rings. The van der Waals surface area contributed by atoms with E-state index in [1.54, 1.807) is 0 Å². The SMILES string of the molecule is O=[N+]([O-])c1ccccc1C(O)(/C=C/c1ccc(F)cc1)C(F)(F)C(F)(F)F. The smallest absolute Gasteiger partial charge is 0.374 e. The third-order valence-corrected chi connectivity index (χ3v) is 3.73. The Morgan fingerprint density at radius 2 is 1.52 bits per heavy atom. The van der Waals surface area contributed by atoms with Crippen molar-refractivity contribution in [3.8, 4) is 0 Å². The molecule has 1 unspecified atom stereocenters. The summed E-state index contributed by atoms with van der Waals surface area (Å²) in [6.45, 7) is 0. The zero-order valence-electron chi connectivity index (χ0n) is 13.3. The van der Waals surface area contributed by atoms with E-state index in [9.17, 15) is 41.6 Å². The molecule has 0 saturated heterocycles. The molecular formula is C17H11F6NO3. The Bertz CT molecular complexity index is 864. The number of alkyl halides is 5. The Balaban J connectivity index is 2.70. The number of aliphatic hydroxyl groups is 1. The molecule has 0 fully saturated rings. The van der Waals surface area contributed by atoms with E-state index in [-0.39, 0.29) is 11.6 Å². The van der Waals surface area contributed by atoms with E-state index >= 15 is 0 Å². The van der Waals surface area contributed by atoms with Crippen molar-refractivity contribution in [1.82, 2.24) is 0 Å². The van der Waals surface area contributed by atoms with Gasteiger partial charge in [-0.1, -0.05) is 30.3 Å². The highest BCUT2D eigenvalue weighted by atomic mass is 19.4. The molecule has 4 nitrogen and oxygen atoms in total. The number of para-hydroxylation sites is 1. The third-order valence-electron chi connectivity index (χ3n) is 3.73. The minimum Gasteiger partial charge on any atom is -0.374 e. The molecule has 0 amide bonds. The molecule has 1 N–H and O–H groups in total. The molecule has 144 valence electrons. The predicted molar refractivity (Wildman–Crippen MR) is 83.4 cm³/mol. The summed E-state index contributed by atoms with van der Waals surface area (Å²) in [5.74, 6) is -6.44. The summed E-state index contributed by atoms with van der Waals surface area (Å²) in [4.78, 5) is 9.88. The van der Waals surface area contributed by atoms with Crippen LogP contribution in [-0.4, -0.2) is 22.1 Å². The predicted octanol–water partition coefficient (Wildman–Crippen LogP) is 4.83. The van der Waals surface area contributed by atoms with Gasteiger partial charge in [-0.15, -0.1) is 0 Å². The molecule has 27 heavy (non-hydrogen) atoms. The largest absolute Gasteiger partial charge is 0.457 e. The number of nitro groups is 1. The Morgan fingerprint density at radius 3 is 2.04 bits per heavy atom. The lowest BCUT2D eigenvalue weighted by atomic mass is 9.84. The molecule has 0 saturated carbocycles. The number of hydrogen-bond donors (Lipinski definition) is 1. The Labute approximate surface area is 148 Å². The second kappa shape index (κ2) is 7.03. The van der Waals surface area contributed by atoms with E-state index in [1.165, 1.54) is 0 Å². The quantitative estimate of drug-likeness (QED) is 0.451. The van der Waals surface area contributed by atoms with E-state index in [2.05, 4.69) is 0 Å². The van der Waals surface area contributed by atoms with Crippen LogP contribution >= 0.6 is 0 Å². The first kappa shape index (κ1) is 20.4. The normalized spacial score (nSPS) is 14.9. The van der Waals surface area contributed by atoms with Gasteiger partial charge in [0.15, 0.2) is 5.60 Å². The van der Waals surface area contributed by atoms with Crippen molar-refractivity contribution in [2.24, 2.45) is 0 Å². The molecule has 0 bridgehead atoms. The lowest BCUT2D eigenvalue weighted by Gasteiger charge is -2.34. The number of halogens is 6. The minimum absolute atomic E-state index is 0.00798.